The molecule has 3 N–H and O–H groups in total. The number of phenols is 1. The van der Waals surface area contributed by atoms with Crippen LogP contribution in [0.25, 0.3) is 0 Å². The van der Waals surface area contributed by atoms with Crippen molar-refractivity contribution < 1.29 is 19.1 Å². The second-order valence-electron chi connectivity index (χ2n) is 6.16. The standard InChI is InChI=1S/C21H19BrN2O4/c22-19-11-10-18(28-19)21(27)24-16-5-1-4-15(13-16)20(26)23-12-2-3-14-6-8-17(25)9-7-14/h1,4-11,13,25H,2-3,12H2,(H,23,26)(H,24,27). The SMILES string of the molecule is O=C(NCCCc1ccc(O)cc1)c1cccc(NC(=O)c2ccc(Br)o2)c1. The molecular weight excluding hydrogens is 424 g/mol. The lowest BCUT2D eigenvalue weighted by Crippen LogP contribution is -2.25. The van der Waals surface area contributed by atoms with Crippen LogP contribution in [0.2, 0.25) is 0 Å². The van der Waals surface area contributed by atoms with Crippen LogP contribution in [0.5, 0.6) is 5.75 Å². The van der Waals surface area contributed by atoms with Gasteiger partial charge in [0.1, 0.15) is 5.75 Å². The summed E-state index contributed by atoms with van der Waals surface area (Å²) in [5, 5.41) is 14.9. The number of nitrogens with one attached hydrogen (secondary N) is 2. The number of carbonyl (C=O) groups excluding carboxylic acids is 2. The molecule has 0 fully saturated rings. The minimum absolute atomic E-state index is 0.177. The van der Waals surface area contributed by atoms with Crippen molar-refractivity contribution >= 4 is 33.4 Å². The zero-order valence-electron chi connectivity index (χ0n) is 14.9. The lowest BCUT2D eigenvalue weighted by Gasteiger charge is -2.08. The Bertz CT molecular complexity index is 967. The number of benzene rings is 2. The van der Waals surface area contributed by atoms with E-state index in [1.54, 1.807) is 48.5 Å². The van der Waals surface area contributed by atoms with Crippen LogP contribution >= 0.6 is 15.9 Å². The minimum Gasteiger partial charge on any atom is -0.508 e. The third kappa shape index (κ3) is 5.47. The fourth-order valence-corrected chi connectivity index (χ4v) is 2.93. The van der Waals surface area contributed by atoms with Gasteiger partial charge in [-0.15, -0.1) is 0 Å². The molecule has 0 atom stereocenters. The number of anilines is 1. The van der Waals surface area contributed by atoms with Crippen molar-refractivity contribution in [3.8, 4) is 5.75 Å². The highest BCUT2D eigenvalue weighted by atomic mass is 79.9. The second kappa shape index (κ2) is 9.23. The highest BCUT2D eigenvalue weighted by Gasteiger charge is 2.12. The fourth-order valence-electron chi connectivity index (χ4n) is 2.63. The van der Waals surface area contributed by atoms with Crippen LogP contribution in [0.15, 0.2) is 69.8 Å². The van der Waals surface area contributed by atoms with Gasteiger partial charge in [-0.25, -0.2) is 0 Å². The zero-order chi connectivity index (χ0) is 19.9. The molecule has 1 heterocycles. The topological polar surface area (TPSA) is 91.6 Å². The van der Waals surface area contributed by atoms with Crippen LogP contribution in [-0.2, 0) is 6.42 Å². The highest BCUT2D eigenvalue weighted by Crippen LogP contribution is 2.17. The van der Waals surface area contributed by atoms with Gasteiger partial charge in [-0.05, 0) is 76.8 Å². The normalized spacial score (nSPS) is 10.5. The number of phenolic OH excluding ortho intramolecular Hbond substituents is 1. The smallest absolute Gasteiger partial charge is 0.291 e. The van der Waals surface area contributed by atoms with Gasteiger partial charge in [0.05, 0.1) is 0 Å². The van der Waals surface area contributed by atoms with E-state index in [0.717, 1.165) is 18.4 Å². The molecule has 2 aromatic carbocycles. The monoisotopic (exact) mass is 442 g/mol. The van der Waals surface area contributed by atoms with Crippen molar-refractivity contribution in [2.75, 3.05) is 11.9 Å². The van der Waals surface area contributed by atoms with E-state index in [1.165, 1.54) is 0 Å². The largest absolute Gasteiger partial charge is 0.508 e. The molecule has 6 nitrogen and oxygen atoms in total. The molecule has 3 rings (SSSR count). The number of aryl methyl sites for hydroxylation is 1. The summed E-state index contributed by atoms with van der Waals surface area (Å²) in [6.07, 6.45) is 1.58. The van der Waals surface area contributed by atoms with Crippen LogP contribution < -0.4 is 10.6 Å². The average molecular weight is 443 g/mol. The lowest BCUT2D eigenvalue weighted by molar-refractivity contribution is 0.0951. The fraction of sp³-hybridized carbons (Fsp3) is 0.143. The maximum absolute atomic E-state index is 12.3. The molecule has 0 spiro atoms. The summed E-state index contributed by atoms with van der Waals surface area (Å²) < 4.78 is 5.69. The number of carbonyl (C=O) groups is 2. The maximum Gasteiger partial charge on any atom is 0.291 e. The van der Waals surface area contributed by atoms with Gasteiger partial charge in [-0.3, -0.25) is 9.59 Å². The Morgan fingerprint density at radius 3 is 2.50 bits per heavy atom. The molecule has 0 saturated carbocycles. The third-order valence-electron chi connectivity index (χ3n) is 4.04. The molecule has 3 aromatic rings. The van der Waals surface area contributed by atoms with Gasteiger partial charge in [-0.2, -0.15) is 0 Å². The quantitative estimate of drug-likeness (QED) is 0.473. The van der Waals surface area contributed by atoms with Crippen molar-refractivity contribution in [3.05, 3.63) is 82.2 Å². The first kappa shape index (κ1) is 19.7. The van der Waals surface area contributed by atoms with Gasteiger partial charge in [0.2, 0.25) is 0 Å². The number of furan rings is 1. The van der Waals surface area contributed by atoms with E-state index in [4.69, 9.17) is 4.42 Å². The van der Waals surface area contributed by atoms with E-state index in [1.807, 2.05) is 12.1 Å². The first-order chi connectivity index (χ1) is 13.5. The summed E-state index contributed by atoms with van der Waals surface area (Å²) in [4.78, 5) is 24.5. The molecule has 0 aliphatic carbocycles. The van der Waals surface area contributed by atoms with Crippen LogP contribution in [0.3, 0.4) is 0 Å². The summed E-state index contributed by atoms with van der Waals surface area (Å²) in [6.45, 7) is 0.525. The number of hydrogen-bond acceptors (Lipinski definition) is 4. The van der Waals surface area contributed by atoms with E-state index in [9.17, 15) is 14.7 Å². The first-order valence-electron chi connectivity index (χ1n) is 8.74. The molecule has 144 valence electrons. The lowest BCUT2D eigenvalue weighted by atomic mass is 10.1. The van der Waals surface area contributed by atoms with Crippen molar-refractivity contribution in [3.63, 3.8) is 0 Å². The van der Waals surface area contributed by atoms with Gasteiger partial charge >= 0.3 is 0 Å². The number of halogens is 1. The van der Waals surface area contributed by atoms with Crippen LogP contribution in [0, 0.1) is 0 Å². The Morgan fingerprint density at radius 1 is 1.00 bits per heavy atom. The zero-order valence-corrected chi connectivity index (χ0v) is 16.5. The van der Waals surface area contributed by atoms with Gasteiger partial charge in [0, 0.05) is 17.8 Å². The van der Waals surface area contributed by atoms with Crippen LogP contribution in [0.1, 0.15) is 32.9 Å². The molecule has 7 heteroatoms. The van der Waals surface area contributed by atoms with E-state index < -0.39 is 5.91 Å². The van der Waals surface area contributed by atoms with E-state index >= 15 is 0 Å². The molecule has 1 aromatic heterocycles. The third-order valence-corrected chi connectivity index (χ3v) is 4.47. The minimum atomic E-state index is -0.392. The number of amides is 2. The molecule has 0 saturated heterocycles. The molecule has 2 amide bonds. The first-order valence-corrected chi connectivity index (χ1v) is 9.53. The van der Waals surface area contributed by atoms with Crippen molar-refractivity contribution in [2.24, 2.45) is 0 Å². The van der Waals surface area contributed by atoms with Crippen molar-refractivity contribution in [1.82, 2.24) is 5.32 Å². The molecule has 0 radical (unpaired) electrons. The molecule has 0 unspecified atom stereocenters. The van der Waals surface area contributed by atoms with Crippen LogP contribution in [-0.4, -0.2) is 23.5 Å². The Kier molecular flexibility index (Phi) is 6.49. The Morgan fingerprint density at radius 2 is 1.79 bits per heavy atom. The summed E-state index contributed by atoms with van der Waals surface area (Å²) >= 11 is 3.15. The molecule has 0 aliphatic heterocycles. The Labute approximate surface area is 170 Å². The maximum atomic E-state index is 12.3. The Balaban J connectivity index is 1.50. The van der Waals surface area contributed by atoms with Gasteiger partial charge < -0.3 is 20.2 Å². The van der Waals surface area contributed by atoms with E-state index in [0.29, 0.717) is 22.5 Å². The molecule has 0 bridgehead atoms. The van der Waals surface area contributed by atoms with Crippen molar-refractivity contribution in [1.29, 1.82) is 0 Å². The summed E-state index contributed by atoms with van der Waals surface area (Å²) in [6, 6.07) is 16.9. The molecule has 0 aliphatic rings. The summed E-state index contributed by atoms with van der Waals surface area (Å²) in [5.41, 5.74) is 2.07. The van der Waals surface area contributed by atoms with E-state index in [-0.39, 0.29) is 17.4 Å². The summed E-state index contributed by atoms with van der Waals surface area (Å²) in [5.74, 6) is -0.181. The average Bonchev–Trinajstić information content (AvgIpc) is 3.13. The Hall–Kier alpha value is -3.06. The van der Waals surface area contributed by atoms with Gasteiger partial charge in [-0.1, -0.05) is 18.2 Å². The molecule has 28 heavy (non-hydrogen) atoms. The van der Waals surface area contributed by atoms with Crippen molar-refractivity contribution in [2.45, 2.75) is 12.8 Å². The van der Waals surface area contributed by atoms with Gasteiger partial charge in [0.15, 0.2) is 10.4 Å². The van der Waals surface area contributed by atoms with Crippen LogP contribution in [0.4, 0.5) is 5.69 Å². The predicted octanol–water partition coefficient (Wildman–Crippen LogP) is 4.36. The predicted molar refractivity (Wildman–Crippen MR) is 110 cm³/mol. The molecular formula is C21H19BrN2O4. The number of rotatable bonds is 7. The summed E-state index contributed by atoms with van der Waals surface area (Å²) in [7, 11) is 0. The highest BCUT2D eigenvalue weighted by molar-refractivity contribution is 9.10. The number of hydrogen-bond donors (Lipinski definition) is 3. The van der Waals surface area contributed by atoms with Gasteiger partial charge in [0.25, 0.3) is 11.8 Å². The second-order valence-corrected chi connectivity index (χ2v) is 6.95. The van der Waals surface area contributed by atoms with E-state index in [2.05, 4.69) is 26.6 Å². The number of aromatic hydroxyl groups is 1.